The monoisotopic (exact) mass is 1830 g/mol. The molecular weight excluding hydrogens is 1710 g/mol. The zero-order valence-corrected chi connectivity index (χ0v) is 77.3. The molecule has 26 heteroatoms. The van der Waals surface area contributed by atoms with Crippen molar-refractivity contribution in [2.24, 2.45) is 28.2 Å². The van der Waals surface area contributed by atoms with E-state index in [0.29, 0.717) is 66.1 Å². The van der Waals surface area contributed by atoms with Crippen molar-refractivity contribution in [3.63, 3.8) is 0 Å². The number of amides is 4. The minimum absolute atomic E-state index is 0.00495. The Balaban J connectivity index is 0.000000108. The maximum absolute atomic E-state index is 15.2. The Kier molecular flexibility index (Phi) is 24.2. The number of aromatic nitrogens is 8. The summed E-state index contributed by atoms with van der Waals surface area (Å²) in [5.74, 6) is -3.13. The van der Waals surface area contributed by atoms with Crippen LogP contribution in [0, 0.1) is 34.9 Å². The standard InChI is InChI=1S/C28H31FN4O.2C27H28F2N4O.C27H29FN4O/c1-31-18-22(17-30-31)20-10-11-21(25(29)16-20)19-33-26-9-5-4-8-24(26)28(27(33)34)12-14-32(15-13-28)23-6-2-3-7-23;1-31-15-19(14-30-31)21-13-23(28)18(12-24(21)29)16-33-25-9-5-4-8-22(25)27(26(33)34)10-11-32(17-27)20-6-2-3-7-20;1-31-15-19(14-30-31)21-11-10-18(24(28)25(21)29)16-33-23-9-5-4-8-22(23)27(26(33)34)12-13-32(17-27)20-6-2-3-7-20;1-30-17-20(15-29-30)22-11-10-19(14-24(22)28)16-32-25-9-5-4-8-23(25)27(26(32)33)12-13-31(18-27)21-6-2-3-7-21/h4-5,8-11,16-18,23H,2-3,6-7,12-15,19H2,1H3;4-5,8-9,12-15,20H,2-3,6-7,10-11,16-17H2,1H3;4-5,8-11,14-15,20H,2-3,6-7,12-13,16-17H2,1H3;4-5,8-11,14-15,17,21H,2-3,6-7,12-13,16,18H2,1H3. The molecule has 4 saturated heterocycles. The summed E-state index contributed by atoms with van der Waals surface area (Å²) in [5, 5.41) is 16.4. The molecule has 4 saturated carbocycles. The fourth-order valence-electron chi connectivity index (χ4n) is 25.0. The van der Waals surface area contributed by atoms with E-state index in [4.69, 9.17) is 0 Å². The van der Waals surface area contributed by atoms with Crippen molar-refractivity contribution in [1.29, 1.82) is 0 Å². The quantitative estimate of drug-likeness (QED) is 0.0842. The number of piperidine rings is 1. The summed E-state index contributed by atoms with van der Waals surface area (Å²) < 4.78 is 97.0. The second kappa shape index (κ2) is 36.5. The molecule has 4 aromatic heterocycles. The van der Waals surface area contributed by atoms with Gasteiger partial charge in [-0.05, 0) is 198 Å². The Labute approximate surface area is 784 Å². The number of hydrogen-bond donors (Lipinski definition) is 0. The molecule has 8 aliphatic heterocycles. The number of likely N-dealkylation sites (tertiary alicyclic amines) is 4. The van der Waals surface area contributed by atoms with Gasteiger partial charge < -0.3 is 24.5 Å². The van der Waals surface area contributed by atoms with Crippen LogP contribution < -0.4 is 19.6 Å². The maximum atomic E-state index is 15.2. The van der Waals surface area contributed by atoms with Crippen LogP contribution in [0.1, 0.15) is 179 Å². The third-order valence-corrected chi connectivity index (χ3v) is 32.2. The predicted octanol–water partition coefficient (Wildman–Crippen LogP) is 19.3. The largest absolute Gasteiger partial charge is 0.307 e. The Morgan fingerprint density at radius 3 is 1.05 bits per heavy atom. The van der Waals surface area contributed by atoms with Gasteiger partial charge in [-0.3, -0.25) is 52.6 Å². The Hall–Kier alpha value is -12.1. The number of nitrogens with zero attached hydrogens (tertiary/aromatic N) is 16. The number of anilines is 4. The second-order valence-corrected chi connectivity index (χ2v) is 40.0. The van der Waals surface area contributed by atoms with Gasteiger partial charge in [0.2, 0.25) is 23.6 Å². The van der Waals surface area contributed by atoms with E-state index in [1.54, 1.807) is 110 Å². The van der Waals surface area contributed by atoms with Gasteiger partial charge in [0.15, 0.2) is 11.6 Å². The van der Waals surface area contributed by atoms with E-state index in [1.807, 2.05) is 127 Å². The number of carbonyl (C=O) groups excluding carboxylic acids is 4. The molecule has 0 radical (unpaired) electrons. The number of para-hydroxylation sites is 4. The molecule has 0 bridgehead atoms. The Bertz CT molecular complexity index is 6370. The number of fused-ring (bicyclic) bond motifs is 8. The number of halogens is 6. The zero-order chi connectivity index (χ0) is 92.8. The Morgan fingerprint density at radius 1 is 0.296 bits per heavy atom. The van der Waals surface area contributed by atoms with Crippen LogP contribution in [0.5, 0.6) is 0 Å². The number of benzene rings is 8. The van der Waals surface area contributed by atoms with Crippen LogP contribution >= 0.6 is 0 Å². The van der Waals surface area contributed by atoms with Gasteiger partial charge in [0, 0.05) is 175 Å². The van der Waals surface area contributed by atoms with Crippen LogP contribution in [0.4, 0.5) is 49.1 Å². The van der Waals surface area contributed by atoms with Crippen LogP contribution in [-0.2, 0) is 95.2 Å². The number of hydrogen-bond acceptors (Lipinski definition) is 12. The maximum Gasteiger partial charge on any atom is 0.239 e. The minimum atomic E-state index is -0.911. The molecule has 0 N–H and O–H groups in total. The molecule has 12 aromatic rings. The summed E-state index contributed by atoms with van der Waals surface area (Å²) in [6, 6.07) is 50.6. The summed E-state index contributed by atoms with van der Waals surface area (Å²) in [7, 11) is 7.13. The van der Waals surface area contributed by atoms with Gasteiger partial charge in [-0.15, -0.1) is 0 Å². The van der Waals surface area contributed by atoms with Crippen molar-refractivity contribution in [2.45, 2.75) is 207 Å². The van der Waals surface area contributed by atoms with E-state index in [2.05, 4.69) is 52.1 Å². The summed E-state index contributed by atoms with van der Waals surface area (Å²) in [6.45, 7) is 7.59. The van der Waals surface area contributed by atoms with Gasteiger partial charge >= 0.3 is 0 Å². The lowest BCUT2D eigenvalue weighted by Gasteiger charge is -2.41. The molecule has 698 valence electrons. The smallest absolute Gasteiger partial charge is 0.239 e. The first kappa shape index (κ1) is 89.4. The third kappa shape index (κ3) is 16.3. The number of aryl methyl sites for hydroxylation is 4. The highest BCUT2D eigenvalue weighted by atomic mass is 19.2. The summed E-state index contributed by atoms with van der Waals surface area (Å²) in [5.41, 5.74) is 11.7. The first-order chi connectivity index (χ1) is 65.5. The molecule has 8 fully saturated rings. The normalized spacial score (nSPS) is 22.4. The van der Waals surface area contributed by atoms with Crippen LogP contribution in [0.15, 0.2) is 207 Å². The molecule has 12 aliphatic rings. The molecule has 8 aromatic carbocycles. The lowest BCUT2D eigenvalue weighted by atomic mass is 9.73. The summed E-state index contributed by atoms with van der Waals surface area (Å²) in [6.07, 6.45) is 37.6. The van der Waals surface area contributed by atoms with Crippen molar-refractivity contribution in [3.8, 4) is 44.5 Å². The highest BCUT2D eigenvalue weighted by Gasteiger charge is 2.59. The van der Waals surface area contributed by atoms with Crippen molar-refractivity contribution < 1.29 is 45.5 Å². The Morgan fingerprint density at radius 2 is 0.630 bits per heavy atom. The SMILES string of the molecule is Cn1cc(-c2cc(F)c(CN3C(=O)C4(CCN(C5CCCC5)C4)c4ccccc43)cc2F)cn1.Cn1cc(-c2ccc(CN3C(=O)C4(CCN(C5CCCC5)C4)c4ccccc43)c(F)c2F)cn1.Cn1cc(-c2ccc(CN3C(=O)C4(CCN(C5CCCC5)C4)c4ccccc43)cc2F)cn1.Cn1cc(-c2ccc(CN3C(=O)C4(CCN(C5CCCC5)CC4)c4ccccc43)c(F)c2)cn1. The van der Waals surface area contributed by atoms with Gasteiger partial charge in [0.05, 0.1) is 72.6 Å². The average molecular weight is 1830 g/mol. The third-order valence-electron chi connectivity index (χ3n) is 32.2. The number of rotatable bonds is 16. The molecule has 4 aliphatic carbocycles. The summed E-state index contributed by atoms with van der Waals surface area (Å²) >= 11 is 0. The van der Waals surface area contributed by atoms with Gasteiger partial charge in [-0.2, -0.15) is 20.4 Å². The molecule has 12 heterocycles. The van der Waals surface area contributed by atoms with E-state index >= 15 is 17.6 Å². The van der Waals surface area contributed by atoms with E-state index in [1.165, 1.54) is 127 Å². The van der Waals surface area contributed by atoms with Gasteiger partial charge in [0.25, 0.3) is 0 Å². The fourth-order valence-corrected chi connectivity index (χ4v) is 25.0. The molecular formula is C109H116F6N16O4. The van der Waals surface area contributed by atoms with Crippen LogP contribution in [0.2, 0.25) is 0 Å². The molecule has 4 spiro atoms. The molecule has 3 unspecified atom stereocenters. The fraction of sp³-hybridized carbons (Fsp3) is 0.413. The summed E-state index contributed by atoms with van der Waals surface area (Å²) in [4.78, 5) is 72.8. The van der Waals surface area contributed by atoms with Crippen LogP contribution in [-0.4, -0.2) is 159 Å². The van der Waals surface area contributed by atoms with Gasteiger partial charge in [0.1, 0.15) is 23.3 Å². The van der Waals surface area contributed by atoms with Gasteiger partial charge in [-0.25, -0.2) is 26.3 Å². The molecule has 24 rings (SSSR count). The van der Waals surface area contributed by atoms with Gasteiger partial charge in [-0.1, -0.05) is 161 Å². The number of carbonyl (C=O) groups is 4. The molecule has 3 atom stereocenters. The van der Waals surface area contributed by atoms with E-state index in [-0.39, 0.29) is 77.2 Å². The lowest BCUT2D eigenvalue weighted by Crippen LogP contribution is -2.50. The van der Waals surface area contributed by atoms with Crippen molar-refractivity contribution in [3.05, 3.63) is 287 Å². The van der Waals surface area contributed by atoms with E-state index in [0.717, 1.165) is 139 Å². The highest BCUT2D eigenvalue weighted by molar-refractivity contribution is 6.11. The van der Waals surface area contributed by atoms with E-state index in [9.17, 15) is 28.0 Å². The van der Waals surface area contributed by atoms with Crippen LogP contribution in [0.3, 0.4) is 0 Å². The first-order valence-corrected chi connectivity index (χ1v) is 48.6. The minimum Gasteiger partial charge on any atom is -0.307 e. The predicted molar refractivity (Wildman–Crippen MR) is 510 cm³/mol. The van der Waals surface area contributed by atoms with Crippen molar-refractivity contribution in [1.82, 2.24) is 58.7 Å². The van der Waals surface area contributed by atoms with Crippen molar-refractivity contribution >= 4 is 46.4 Å². The van der Waals surface area contributed by atoms with Crippen LogP contribution in [0.25, 0.3) is 44.5 Å². The molecule has 4 amide bonds. The lowest BCUT2D eigenvalue weighted by molar-refractivity contribution is -0.125. The van der Waals surface area contributed by atoms with E-state index < -0.39 is 44.9 Å². The average Bonchev–Trinajstić information content (AvgIpc) is 2.22. The highest BCUT2D eigenvalue weighted by Crippen LogP contribution is 2.55. The molecule has 135 heavy (non-hydrogen) atoms. The second-order valence-electron chi connectivity index (χ2n) is 40.0. The topological polar surface area (TPSA) is 165 Å². The zero-order valence-electron chi connectivity index (χ0n) is 77.3. The molecule has 20 nitrogen and oxygen atoms in total. The first-order valence-electron chi connectivity index (χ1n) is 48.6. The van der Waals surface area contributed by atoms with Crippen molar-refractivity contribution in [2.75, 3.05) is 72.0 Å².